The Kier molecular flexibility index (Phi) is 8.24. The smallest absolute Gasteiger partial charge is 0.197 e. The second-order valence-corrected chi connectivity index (χ2v) is 6.99. The Labute approximate surface area is 177 Å². The number of ether oxygens (including phenoxy) is 2. The second-order valence-electron chi connectivity index (χ2n) is 5.62. The molecule has 6 nitrogen and oxygen atoms in total. The van der Waals surface area contributed by atoms with Gasteiger partial charge >= 0.3 is 0 Å². The van der Waals surface area contributed by atoms with E-state index in [0.29, 0.717) is 24.1 Å². The number of aromatic nitrogens is 3. The Balaban J connectivity index is 0.00000243. The summed E-state index contributed by atoms with van der Waals surface area (Å²) < 4.78 is 23.5. The number of pyridine rings is 1. The number of fused-ring (bicyclic) bond motifs is 1. The SMILES string of the molecule is COCCCOc1ccnc(C[S@@](=O)c2nc3ccccc3[nH]2)c1C.[Na]. The van der Waals surface area contributed by atoms with Gasteiger partial charge in [0.1, 0.15) is 5.75 Å². The molecule has 0 spiro atoms. The number of aromatic amines is 1. The van der Waals surface area contributed by atoms with Crippen LogP contribution >= 0.6 is 0 Å². The summed E-state index contributed by atoms with van der Waals surface area (Å²) in [6.07, 6.45) is 2.50. The summed E-state index contributed by atoms with van der Waals surface area (Å²) in [5.41, 5.74) is 3.35. The molecular weight excluding hydrogens is 361 g/mol. The number of rotatable bonds is 8. The Bertz CT molecular complexity index is 852. The maximum atomic E-state index is 12.7. The number of nitrogens with one attached hydrogen (secondary N) is 1. The van der Waals surface area contributed by atoms with Crippen LogP contribution in [0.25, 0.3) is 11.0 Å². The molecule has 0 fully saturated rings. The minimum Gasteiger partial charge on any atom is -0.493 e. The van der Waals surface area contributed by atoms with E-state index >= 15 is 0 Å². The molecule has 3 rings (SSSR count). The molecule has 2 aromatic heterocycles. The predicted molar refractivity (Wildman–Crippen MR) is 103 cm³/mol. The molecule has 1 aromatic carbocycles. The maximum Gasteiger partial charge on any atom is 0.197 e. The number of H-pyrrole nitrogens is 1. The van der Waals surface area contributed by atoms with Gasteiger partial charge in [0.25, 0.3) is 0 Å². The maximum absolute atomic E-state index is 12.7. The van der Waals surface area contributed by atoms with Crippen LogP contribution in [0.5, 0.6) is 5.75 Å². The Morgan fingerprint density at radius 2 is 2.00 bits per heavy atom. The quantitative estimate of drug-likeness (QED) is 0.479. The fourth-order valence-electron chi connectivity index (χ4n) is 2.48. The van der Waals surface area contributed by atoms with Crippen LogP contribution in [0.4, 0.5) is 0 Å². The molecule has 0 saturated carbocycles. The van der Waals surface area contributed by atoms with Gasteiger partial charge < -0.3 is 14.5 Å². The van der Waals surface area contributed by atoms with E-state index in [9.17, 15) is 4.21 Å². The van der Waals surface area contributed by atoms with Crippen molar-refractivity contribution in [2.45, 2.75) is 24.3 Å². The first-order valence-corrected chi connectivity index (χ1v) is 9.40. The molecule has 0 aliphatic heterocycles. The first-order chi connectivity index (χ1) is 12.2. The zero-order chi connectivity index (χ0) is 17.6. The van der Waals surface area contributed by atoms with Crippen LogP contribution in [0, 0.1) is 6.92 Å². The van der Waals surface area contributed by atoms with Crippen molar-refractivity contribution in [3.05, 3.63) is 47.8 Å². The Morgan fingerprint density at radius 3 is 2.77 bits per heavy atom. The summed E-state index contributed by atoms with van der Waals surface area (Å²) in [5, 5.41) is 0.466. The van der Waals surface area contributed by atoms with Crippen LogP contribution in [0.3, 0.4) is 0 Å². The molecule has 0 bridgehead atoms. The number of nitrogens with zero attached hydrogens (tertiary/aromatic N) is 2. The summed E-state index contributed by atoms with van der Waals surface area (Å²) in [6.45, 7) is 3.17. The van der Waals surface area contributed by atoms with E-state index in [0.717, 1.165) is 34.5 Å². The van der Waals surface area contributed by atoms with E-state index < -0.39 is 10.8 Å². The fraction of sp³-hybridized carbons (Fsp3) is 0.333. The molecular formula is C18H21N3NaO3S. The van der Waals surface area contributed by atoms with Crippen LogP contribution in [-0.2, 0) is 21.3 Å². The third kappa shape index (κ3) is 5.14. The molecule has 26 heavy (non-hydrogen) atoms. The molecule has 0 amide bonds. The minimum absolute atomic E-state index is 0. The standard InChI is InChI=1S/C18H21N3O3S.Na/c1-13-16(19-9-8-17(13)24-11-5-10-23-2)12-25(22)18-20-14-6-3-4-7-15(14)21-18;/h3-4,6-9H,5,10-12H2,1-2H3,(H,20,21);/t25-;/m1./s1. The van der Waals surface area contributed by atoms with Gasteiger partial charge in [-0.05, 0) is 25.1 Å². The van der Waals surface area contributed by atoms with E-state index in [1.165, 1.54) is 0 Å². The van der Waals surface area contributed by atoms with E-state index in [2.05, 4.69) is 15.0 Å². The van der Waals surface area contributed by atoms with Crippen LogP contribution in [0.1, 0.15) is 17.7 Å². The van der Waals surface area contributed by atoms with E-state index in [1.54, 1.807) is 13.3 Å². The number of hydrogen-bond acceptors (Lipinski definition) is 5. The fourth-order valence-corrected chi connectivity index (χ4v) is 3.58. The normalized spacial score (nSPS) is 11.9. The van der Waals surface area contributed by atoms with Crippen molar-refractivity contribution >= 4 is 51.4 Å². The molecule has 3 aromatic rings. The number of para-hydroxylation sites is 2. The third-order valence-electron chi connectivity index (χ3n) is 3.86. The molecule has 1 radical (unpaired) electrons. The predicted octanol–water partition coefficient (Wildman–Crippen LogP) is 2.61. The summed E-state index contributed by atoms with van der Waals surface area (Å²) in [4.78, 5) is 11.9. The van der Waals surface area contributed by atoms with Gasteiger partial charge in [0.15, 0.2) is 5.16 Å². The monoisotopic (exact) mass is 382 g/mol. The minimum atomic E-state index is -1.30. The molecule has 8 heteroatoms. The number of hydrogen-bond donors (Lipinski definition) is 1. The van der Waals surface area contributed by atoms with Gasteiger partial charge in [0, 0.05) is 61.5 Å². The van der Waals surface area contributed by atoms with Crippen LogP contribution in [0.15, 0.2) is 41.7 Å². The van der Waals surface area contributed by atoms with Crippen molar-refractivity contribution in [2.75, 3.05) is 20.3 Å². The Hall–Kier alpha value is -1.25. The van der Waals surface area contributed by atoms with E-state index in [1.807, 2.05) is 37.3 Å². The van der Waals surface area contributed by atoms with Gasteiger partial charge in [0.05, 0.1) is 39.9 Å². The van der Waals surface area contributed by atoms with Crippen LogP contribution in [0.2, 0.25) is 0 Å². The largest absolute Gasteiger partial charge is 0.493 e. The zero-order valence-corrected chi connectivity index (χ0v) is 18.1. The van der Waals surface area contributed by atoms with Gasteiger partial charge in [0.2, 0.25) is 0 Å². The van der Waals surface area contributed by atoms with Gasteiger partial charge in [-0.25, -0.2) is 4.98 Å². The van der Waals surface area contributed by atoms with Gasteiger partial charge in [-0.15, -0.1) is 0 Å². The number of methoxy groups -OCH3 is 1. The van der Waals surface area contributed by atoms with Crippen LogP contribution < -0.4 is 4.74 Å². The van der Waals surface area contributed by atoms with Gasteiger partial charge in [-0.2, -0.15) is 0 Å². The van der Waals surface area contributed by atoms with Crippen molar-refractivity contribution in [3.8, 4) is 5.75 Å². The summed E-state index contributed by atoms with van der Waals surface area (Å²) >= 11 is 0. The molecule has 1 atom stereocenters. The second kappa shape index (κ2) is 10.2. The van der Waals surface area contributed by atoms with Crippen molar-refractivity contribution in [2.24, 2.45) is 0 Å². The average molecular weight is 382 g/mol. The van der Waals surface area contributed by atoms with E-state index in [4.69, 9.17) is 9.47 Å². The Morgan fingerprint density at radius 1 is 1.19 bits per heavy atom. The van der Waals surface area contributed by atoms with Crippen molar-refractivity contribution < 1.29 is 13.7 Å². The number of imidazole rings is 1. The molecule has 133 valence electrons. The summed E-state index contributed by atoms with van der Waals surface area (Å²) in [7, 11) is 0.371. The topological polar surface area (TPSA) is 77.1 Å². The average Bonchev–Trinajstić information content (AvgIpc) is 3.06. The third-order valence-corrected chi connectivity index (χ3v) is 5.02. The molecule has 1 N–H and O–H groups in total. The summed E-state index contributed by atoms with van der Waals surface area (Å²) in [6, 6.07) is 9.47. The number of benzene rings is 1. The molecule has 2 heterocycles. The van der Waals surface area contributed by atoms with E-state index in [-0.39, 0.29) is 29.6 Å². The summed E-state index contributed by atoms with van der Waals surface area (Å²) in [5.74, 6) is 1.06. The zero-order valence-electron chi connectivity index (χ0n) is 15.3. The van der Waals surface area contributed by atoms with Crippen LogP contribution in [-0.4, -0.2) is 69.0 Å². The molecule has 0 aliphatic carbocycles. The van der Waals surface area contributed by atoms with Crippen molar-refractivity contribution in [1.29, 1.82) is 0 Å². The first-order valence-electron chi connectivity index (χ1n) is 8.08. The van der Waals surface area contributed by atoms with Gasteiger partial charge in [-0.3, -0.25) is 9.19 Å². The van der Waals surface area contributed by atoms with Crippen molar-refractivity contribution in [1.82, 2.24) is 15.0 Å². The molecule has 0 aliphatic rings. The first kappa shape index (κ1) is 21.1. The molecule has 0 saturated heterocycles. The van der Waals surface area contributed by atoms with Gasteiger partial charge in [-0.1, -0.05) is 12.1 Å². The molecule has 0 unspecified atom stereocenters. The van der Waals surface area contributed by atoms with Crippen molar-refractivity contribution in [3.63, 3.8) is 0 Å².